The number of likely N-dealkylation sites (N-methyl/N-ethyl adjacent to an activating group) is 1. The molecule has 4 nitrogen and oxygen atoms in total. The fraction of sp³-hybridized carbons (Fsp3) is 0.278. The zero-order valence-electron chi connectivity index (χ0n) is 13.3. The molecule has 0 aromatic heterocycles. The van der Waals surface area contributed by atoms with Gasteiger partial charge in [-0.15, -0.1) is 0 Å². The van der Waals surface area contributed by atoms with Gasteiger partial charge >= 0.3 is 0 Å². The molecule has 0 aliphatic carbocycles. The van der Waals surface area contributed by atoms with E-state index in [4.69, 9.17) is 4.74 Å². The summed E-state index contributed by atoms with van der Waals surface area (Å²) in [4.78, 5) is 16.5. The van der Waals surface area contributed by atoms with E-state index in [0.29, 0.717) is 25.3 Å². The molecular formula is C18H19FN2O2. The van der Waals surface area contributed by atoms with Crippen molar-refractivity contribution in [2.75, 3.05) is 37.0 Å². The molecular weight excluding hydrogens is 295 g/mol. The highest BCUT2D eigenvalue weighted by Gasteiger charge is 2.26. The minimum absolute atomic E-state index is 0.0741. The molecule has 0 atom stereocenters. The quantitative estimate of drug-likeness (QED) is 0.873. The number of nitrogens with zero attached hydrogens (tertiary/aromatic N) is 2. The molecule has 1 aliphatic rings. The van der Waals surface area contributed by atoms with Crippen molar-refractivity contribution >= 4 is 17.3 Å². The summed E-state index contributed by atoms with van der Waals surface area (Å²) < 4.78 is 18.6. The van der Waals surface area contributed by atoms with Crippen molar-refractivity contribution < 1.29 is 13.9 Å². The van der Waals surface area contributed by atoms with Crippen LogP contribution in [0.4, 0.5) is 15.8 Å². The molecule has 1 heterocycles. The highest BCUT2D eigenvalue weighted by molar-refractivity contribution is 6.08. The van der Waals surface area contributed by atoms with Gasteiger partial charge in [-0.25, -0.2) is 4.39 Å². The van der Waals surface area contributed by atoms with E-state index in [2.05, 4.69) is 0 Å². The first-order valence-corrected chi connectivity index (χ1v) is 7.50. The summed E-state index contributed by atoms with van der Waals surface area (Å²) in [6, 6.07) is 11.9. The van der Waals surface area contributed by atoms with Crippen LogP contribution in [-0.4, -0.2) is 33.2 Å². The van der Waals surface area contributed by atoms with Crippen LogP contribution < -0.4 is 9.80 Å². The van der Waals surface area contributed by atoms with Gasteiger partial charge in [0.15, 0.2) is 0 Å². The number of amides is 1. The fourth-order valence-electron chi connectivity index (χ4n) is 2.80. The number of carbonyl (C=O) groups is 1. The van der Waals surface area contributed by atoms with E-state index in [1.807, 2.05) is 24.1 Å². The average Bonchev–Trinajstić information content (AvgIpc) is 2.56. The van der Waals surface area contributed by atoms with E-state index in [1.54, 1.807) is 30.2 Å². The topological polar surface area (TPSA) is 32.8 Å². The zero-order valence-corrected chi connectivity index (χ0v) is 13.3. The van der Waals surface area contributed by atoms with E-state index < -0.39 is 0 Å². The molecule has 0 unspecified atom stereocenters. The van der Waals surface area contributed by atoms with Gasteiger partial charge in [0.1, 0.15) is 5.82 Å². The molecule has 1 amide bonds. The molecule has 0 bridgehead atoms. The number of rotatable bonds is 3. The Morgan fingerprint density at radius 2 is 1.87 bits per heavy atom. The summed E-state index contributed by atoms with van der Waals surface area (Å²) in [6.45, 7) is 1.77. The Balaban J connectivity index is 1.90. The number of methoxy groups -OCH3 is 1. The molecule has 2 aromatic carbocycles. The maximum absolute atomic E-state index is 13.5. The molecule has 0 N–H and O–H groups in total. The van der Waals surface area contributed by atoms with Crippen molar-refractivity contribution in [2.45, 2.75) is 6.61 Å². The van der Waals surface area contributed by atoms with Crippen LogP contribution in [0.3, 0.4) is 0 Å². The zero-order chi connectivity index (χ0) is 16.4. The first-order valence-electron chi connectivity index (χ1n) is 7.50. The monoisotopic (exact) mass is 314 g/mol. The van der Waals surface area contributed by atoms with Gasteiger partial charge in [-0.2, -0.15) is 0 Å². The van der Waals surface area contributed by atoms with Crippen LogP contribution in [0.1, 0.15) is 15.9 Å². The second-order valence-corrected chi connectivity index (χ2v) is 5.64. The highest BCUT2D eigenvalue weighted by Crippen LogP contribution is 2.33. The first kappa shape index (κ1) is 15.5. The molecule has 120 valence electrons. The van der Waals surface area contributed by atoms with Gasteiger partial charge in [-0.1, -0.05) is 12.1 Å². The Morgan fingerprint density at radius 1 is 1.13 bits per heavy atom. The van der Waals surface area contributed by atoms with E-state index in [0.717, 1.165) is 16.9 Å². The largest absolute Gasteiger partial charge is 0.380 e. The molecule has 0 spiro atoms. The van der Waals surface area contributed by atoms with Gasteiger partial charge in [-0.3, -0.25) is 4.79 Å². The highest BCUT2D eigenvalue weighted by atomic mass is 19.1. The molecule has 3 rings (SSSR count). The van der Waals surface area contributed by atoms with E-state index in [-0.39, 0.29) is 11.7 Å². The molecule has 0 fully saturated rings. The van der Waals surface area contributed by atoms with Crippen LogP contribution in [0.15, 0.2) is 42.5 Å². The van der Waals surface area contributed by atoms with Gasteiger partial charge in [0.05, 0.1) is 18.0 Å². The minimum Gasteiger partial charge on any atom is -0.380 e. The number of fused-ring (bicyclic) bond motifs is 1. The molecule has 2 aromatic rings. The first-order chi connectivity index (χ1) is 11.1. The second-order valence-electron chi connectivity index (χ2n) is 5.64. The number of halogens is 1. The number of anilines is 2. The second kappa shape index (κ2) is 6.38. The smallest absolute Gasteiger partial charge is 0.258 e. The lowest BCUT2D eigenvalue weighted by molar-refractivity contribution is 0.0986. The van der Waals surface area contributed by atoms with Crippen molar-refractivity contribution in [3.8, 4) is 0 Å². The third-order valence-electron chi connectivity index (χ3n) is 4.06. The van der Waals surface area contributed by atoms with Crippen LogP contribution in [0.25, 0.3) is 0 Å². The Hall–Kier alpha value is -2.40. The normalized spacial score (nSPS) is 13.9. The maximum atomic E-state index is 13.5. The van der Waals surface area contributed by atoms with Crippen LogP contribution in [-0.2, 0) is 11.3 Å². The molecule has 5 heteroatoms. The summed E-state index contributed by atoms with van der Waals surface area (Å²) in [5.74, 6) is -0.372. The average molecular weight is 314 g/mol. The Bertz CT molecular complexity index is 715. The molecule has 0 radical (unpaired) electrons. The van der Waals surface area contributed by atoms with Gasteiger partial charge in [0, 0.05) is 32.8 Å². The summed E-state index contributed by atoms with van der Waals surface area (Å²) in [5.41, 5.74) is 3.11. The standard InChI is InChI=1S/C18H19FN2O2/c1-20-9-10-21(16-8-7-15(19)11-17(16)20)18(22)14-5-3-13(4-6-14)12-23-2/h3-8,11H,9-10,12H2,1-2H3. The SMILES string of the molecule is COCc1ccc(C(=O)N2CCN(C)c3cc(F)ccc32)cc1. The number of hydrogen-bond donors (Lipinski definition) is 0. The van der Waals surface area contributed by atoms with Crippen LogP contribution in [0, 0.1) is 5.82 Å². The van der Waals surface area contributed by atoms with Crippen molar-refractivity contribution in [2.24, 2.45) is 0 Å². The Morgan fingerprint density at radius 3 is 2.57 bits per heavy atom. The molecule has 0 saturated heterocycles. The van der Waals surface area contributed by atoms with Gasteiger partial charge in [0.2, 0.25) is 0 Å². The van der Waals surface area contributed by atoms with Crippen molar-refractivity contribution in [3.05, 3.63) is 59.4 Å². The van der Waals surface area contributed by atoms with E-state index in [1.165, 1.54) is 12.1 Å². The number of hydrogen-bond acceptors (Lipinski definition) is 3. The third-order valence-corrected chi connectivity index (χ3v) is 4.06. The number of benzene rings is 2. The van der Waals surface area contributed by atoms with Gasteiger partial charge in [0.25, 0.3) is 5.91 Å². The van der Waals surface area contributed by atoms with Gasteiger partial charge < -0.3 is 14.5 Å². The van der Waals surface area contributed by atoms with E-state index in [9.17, 15) is 9.18 Å². The van der Waals surface area contributed by atoms with Crippen LogP contribution in [0.2, 0.25) is 0 Å². The number of carbonyl (C=O) groups excluding carboxylic acids is 1. The lowest BCUT2D eigenvalue weighted by atomic mass is 10.1. The summed E-state index contributed by atoms with van der Waals surface area (Å²) in [6.07, 6.45) is 0. The number of ether oxygens (including phenoxy) is 1. The Labute approximate surface area is 135 Å². The van der Waals surface area contributed by atoms with Crippen molar-refractivity contribution in [1.29, 1.82) is 0 Å². The summed E-state index contributed by atoms with van der Waals surface area (Å²) in [7, 11) is 3.54. The molecule has 1 aliphatic heterocycles. The summed E-state index contributed by atoms with van der Waals surface area (Å²) in [5, 5.41) is 0. The minimum atomic E-state index is -0.297. The van der Waals surface area contributed by atoms with E-state index >= 15 is 0 Å². The van der Waals surface area contributed by atoms with Gasteiger partial charge in [-0.05, 0) is 35.9 Å². The van der Waals surface area contributed by atoms with Crippen molar-refractivity contribution in [3.63, 3.8) is 0 Å². The molecule has 23 heavy (non-hydrogen) atoms. The fourth-order valence-corrected chi connectivity index (χ4v) is 2.80. The predicted molar refractivity (Wildman–Crippen MR) is 88.5 cm³/mol. The maximum Gasteiger partial charge on any atom is 0.258 e. The lowest BCUT2D eigenvalue weighted by Gasteiger charge is -2.35. The van der Waals surface area contributed by atoms with Crippen LogP contribution in [0.5, 0.6) is 0 Å². The predicted octanol–water partition coefficient (Wildman–Crippen LogP) is 3.07. The lowest BCUT2D eigenvalue weighted by Crippen LogP contribution is -2.42. The summed E-state index contributed by atoms with van der Waals surface area (Å²) >= 11 is 0. The van der Waals surface area contributed by atoms with Crippen molar-refractivity contribution in [1.82, 2.24) is 0 Å². The Kier molecular flexibility index (Phi) is 4.30. The molecule has 0 saturated carbocycles. The third kappa shape index (κ3) is 3.05. The van der Waals surface area contributed by atoms with Crippen LogP contribution >= 0.6 is 0 Å².